The molecular weight excluding hydrogens is 230 g/mol. The van der Waals surface area contributed by atoms with Crippen molar-refractivity contribution in [3.8, 4) is 0 Å². The number of nitrogens with zero attached hydrogens (tertiary/aromatic N) is 1. The maximum Gasteiger partial charge on any atom is 0.251 e. The van der Waals surface area contributed by atoms with Gasteiger partial charge in [0, 0.05) is 25.9 Å². The Bertz CT molecular complexity index is 311. The number of carbonyl (C=O) groups is 1. The third kappa shape index (κ3) is 2.93. The lowest BCUT2D eigenvalue weighted by atomic mass is 10.1. The molecule has 98 valence electrons. The molecule has 17 heavy (non-hydrogen) atoms. The van der Waals surface area contributed by atoms with Crippen LogP contribution in [0.3, 0.4) is 0 Å². The molecule has 0 radical (unpaired) electrons. The molecule has 2 aliphatic heterocycles. The first-order valence-corrected chi connectivity index (χ1v) is 5.87. The second kappa shape index (κ2) is 4.17. The summed E-state index contributed by atoms with van der Waals surface area (Å²) in [6.45, 7) is 4.24. The zero-order chi connectivity index (χ0) is 12.7. The smallest absolute Gasteiger partial charge is 0.251 e. The van der Waals surface area contributed by atoms with E-state index in [4.69, 9.17) is 4.74 Å². The van der Waals surface area contributed by atoms with Crippen LogP contribution >= 0.6 is 0 Å². The fourth-order valence-electron chi connectivity index (χ4n) is 2.20. The second-order valence-corrected chi connectivity index (χ2v) is 5.20. The van der Waals surface area contributed by atoms with Gasteiger partial charge in [0.25, 0.3) is 5.92 Å². The number of amides is 1. The van der Waals surface area contributed by atoms with Crippen molar-refractivity contribution in [3.05, 3.63) is 0 Å². The average Bonchev–Trinajstić information content (AvgIpc) is 2.58. The lowest BCUT2D eigenvalue weighted by molar-refractivity contribution is -0.139. The van der Waals surface area contributed by atoms with Crippen LogP contribution in [0.25, 0.3) is 0 Å². The molecule has 2 fully saturated rings. The predicted molar refractivity (Wildman–Crippen MR) is 57.7 cm³/mol. The Kier molecular flexibility index (Phi) is 3.12. The maximum atomic E-state index is 13.0. The summed E-state index contributed by atoms with van der Waals surface area (Å²) >= 11 is 0. The highest BCUT2D eigenvalue weighted by Gasteiger charge is 2.41. The Labute approximate surface area is 99.3 Å². The van der Waals surface area contributed by atoms with Crippen LogP contribution in [0.4, 0.5) is 8.78 Å². The summed E-state index contributed by atoms with van der Waals surface area (Å²) in [6.07, 6.45) is -0.481. The van der Waals surface area contributed by atoms with Gasteiger partial charge in [-0.05, 0) is 13.8 Å². The normalized spacial score (nSPS) is 31.5. The molecule has 4 nitrogen and oxygen atoms in total. The van der Waals surface area contributed by atoms with E-state index in [2.05, 4.69) is 5.32 Å². The van der Waals surface area contributed by atoms with Gasteiger partial charge in [0.2, 0.25) is 5.91 Å². The van der Waals surface area contributed by atoms with E-state index in [9.17, 15) is 13.6 Å². The summed E-state index contributed by atoms with van der Waals surface area (Å²) in [7, 11) is 0. The number of nitrogens with one attached hydrogen (secondary N) is 1. The van der Waals surface area contributed by atoms with E-state index >= 15 is 0 Å². The molecule has 2 saturated heterocycles. The zero-order valence-corrected chi connectivity index (χ0v) is 10.1. The molecule has 0 saturated carbocycles. The number of ether oxygens (including phenoxy) is 1. The van der Waals surface area contributed by atoms with E-state index in [0.717, 1.165) is 0 Å². The highest BCUT2D eigenvalue weighted by Crippen LogP contribution is 2.28. The minimum Gasteiger partial charge on any atom is -0.359 e. The van der Waals surface area contributed by atoms with Crippen LogP contribution in [0.2, 0.25) is 0 Å². The van der Waals surface area contributed by atoms with Gasteiger partial charge in [-0.25, -0.2) is 8.78 Å². The number of alkyl halides is 2. The largest absolute Gasteiger partial charge is 0.359 e. The molecule has 1 unspecified atom stereocenters. The molecule has 0 aliphatic carbocycles. The Hall–Kier alpha value is -0.750. The minimum atomic E-state index is -2.62. The van der Waals surface area contributed by atoms with Crippen LogP contribution in [0, 0.1) is 0 Å². The van der Waals surface area contributed by atoms with Crippen molar-refractivity contribution in [2.24, 2.45) is 0 Å². The van der Waals surface area contributed by atoms with E-state index in [0.29, 0.717) is 6.61 Å². The lowest BCUT2D eigenvalue weighted by Gasteiger charge is -2.33. The van der Waals surface area contributed by atoms with Crippen molar-refractivity contribution < 1.29 is 18.3 Å². The van der Waals surface area contributed by atoms with Gasteiger partial charge < -0.3 is 9.64 Å². The first kappa shape index (κ1) is 12.7. The Morgan fingerprint density at radius 3 is 2.41 bits per heavy atom. The van der Waals surface area contributed by atoms with Crippen LogP contribution < -0.4 is 5.32 Å². The first-order valence-electron chi connectivity index (χ1n) is 5.87. The third-order valence-corrected chi connectivity index (χ3v) is 3.24. The maximum absolute atomic E-state index is 13.0. The van der Waals surface area contributed by atoms with Gasteiger partial charge in [0.05, 0.1) is 6.61 Å². The van der Waals surface area contributed by atoms with E-state index in [1.165, 1.54) is 4.90 Å². The summed E-state index contributed by atoms with van der Waals surface area (Å²) < 4.78 is 31.3. The summed E-state index contributed by atoms with van der Waals surface area (Å²) in [5.41, 5.74) is -0.514. The van der Waals surface area contributed by atoms with Crippen molar-refractivity contribution in [3.63, 3.8) is 0 Å². The highest BCUT2D eigenvalue weighted by molar-refractivity contribution is 5.82. The molecule has 0 aromatic rings. The Morgan fingerprint density at radius 1 is 1.35 bits per heavy atom. The second-order valence-electron chi connectivity index (χ2n) is 5.20. The monoisotopic (exact) mass is 248 g/mol. The lowest BCUT2D eigenvalue weighted by Crippen LogP contribution is -2.52. The van der Waals surface area contributed by atoms with Gasteiger partial charge >= 0.3 is 0 Å². The molecule has 1 atom stereocenters. The molecule has 1 N–H and O–H groups in total. The standard InChI is InChI=1S/C11H18F2N2O2/c1-10(2)14-8(7-17-10)9(16)15-5-3-11(12,13)4-6-15/h8,14H,3-7H2,1-2H3. The summed E-state index contributed by atoms with van der Waals surface area (Å²) in [5.74, 6) is -2.75. The fourth-order valence-corrected chi connectivity index (χ4v) is 2.20. The van der Waals surface area contributed by atoms with Crippen LogP contribution in [0.1, 0.15) is 26.7 Å². The summed E-state index contributed by atoms with van der Waals surface area (Å²) in [6, 6.07) is -0.406. The van der Waals surface area contributed by atoms with Gasteiger partial charge in [-0.1, -0.05) is 0 Å². The third-order valence-electron chi connectivity index (χ3n) is 3.24. The van der Waals surface area contributed by atoms with Crippen LogP contribution in [0.15, 0.2) is 0 Å². The number of halogens is 2. The van der Waals surface area contributed by atoms with Gasteiger partial charge in [0.1, 0.15) is 11.8 Å². The van der Waals surface area contributed by atoms with E-state index < -0.39 is 17.7 Å². The molecule has 2 aliphatic rings. The van der Waals surface area contributed by atoms with Gasteiger partial charge in [-0.2, -0.15) is 0 Å². The van der Waals surface area contributed by atoms with Gasteiger partial charge in [0.15, 0.2) is 0 Å². The van der Waals surface area contributed by atoms with E-state index in [1.807, 2.05) is 13.8 Å². The quantitative estimate of drug-likeness (QED) is 0.751. The Balaban J connectivity index is 1.90. The Morgan fingerprint density at radius 2 is 1.94 bits per heavy atom. The SMILES string of the molecule is CC1(C)NC(C(=O)N2CCC(F)(F)CC2)CO1. The van der Waals surface area contributed by atoms with Crippen LogP contribution in [-0.2, 0) is 9.53 Å². The van der Waals surface area contributed by atoms with Crippen molar-refractivity contribution in [2.75, 3.05) is 19.7 Å². The van der Waals surface area contributed by atoms with Crippen molar-refractivity contribution in [1.82, 2.24) is 10.2 Å². The number of carbonyl (C=O) groups excluding carboxylic acids is 1. The molecule has 0 spiro atoms. The highest BCUT2D eigenvalue weighted by atomic mass is 19.3. The summed E-state index contributed by atoms with van der Waals surface area (Å²) in [4.78, 5) is 13.5. The number of likely N-dealkylation sites (tertiary alicyclic amines) is 1. The van der Waals surface area contributed by atoms with Crippen molar-refractivity contribution >= 4 is 5.91 Å². The van der Waals surface area contributed by atoms with Crippen LogP contribution in [-0.4, -0.2) is 48.2 Å². The summed E-state index contributed by atoms with van der Waals surface area (Å²) in [5, 5.41) is 3.05. The molecule has 0 bridgehead atoms. The molecule has 6 heteroatoms. The van der Waals surface area contributed by atoms with Gasteiger partial charge in [-0.3, -0.25) is 10.1 Å². The van der Waals surface area contributed by atoms with Crippen LogP contribution in [0.5, 0.6) is 0 Å². The molecular formula is C11H18F2N2O2. The zero-order valence-electron chi connectivity index (χ0n) is 10.1. The van der Waals surface area contributed by atoms with E-state index in [-0.39, 0.29) is 31.8 Å². The molecule has 1 amide bonds. The first-order chi connectivity index (χ1) is 7.79. The number of rotatable bonds is 1. The predicted octanol–water partition coefficient (Wildman–Crippen LogP) is 0.969. The van der Waals surface area contributed by atoms with Crippen molar-refractivity contribution in [2.45, 2.75) is 44.4 Å². The van der Waals surface area contributed by atoms with Gasteiger partial charge in [-0.15, -0.1) is 0 Å². The topological polar surface area (TPSA) is 41.6 Å². The minimum absolute atomic E-state index is 0.129. The molecule has 2 rings (SSSR count). The molecule has 2 heterocycles. The number of piperidine rings is 1. The fraction of sp³-hybridized carbons (Fsp3) is 0.909. The van der Waals surface area contributed by atoms with Crippen molar-refractivity contribution in [1.29, 1.82) is 0 Å². The molecule has 0 aromatic carbocycles. The number of hydrogen-bond acceptors (Lipinski definition) is 3. The molecule has 0 aromatic heterocycles. The average molecular weight is 248 g/mol. The van der Waals surface area contributed by atoms with E-state index in [1.54, 1.807) is 0 Å². The number of hydrogen-bond donors (Lipinski definition) is 1.